The number of rotatable bonds is 11. The number of anilines is 2. The molecule has 0 aliphatic heterocycles. The minimum absolute atomic E-state index is 0.0509. The number of nitrogens with zero attached hydrogens (tertiary/aromatic N) is 2. The molecular weight excluding hydrogens is 528 g/mol. The van der Waals surface area contributed by atoms with Crippen LogP contribution in [0, 0.1) is 6.92 Å². The lowest BCUT2D eigenvalue weighted by molar-refractivity contribution is -0.114. The molecule has 0 aliphatic rings. The fourth-order valence-electron chi connectivity index (χ4n) is 3.92. The van der Waals surface area contributed by atoms with E-state index < -0.39 is 28.4 Å². The molecule has 0 bridgehead atoms. The first-order valence-corrected chi connectivity index (χ1v) is 14.1. The summed E-state index contributed by atoms with van der Waals surface area (Å²) in [7, 11) is -4.10. The second-order valence-electron chi connectivity index (χ2n) is 8.89. The van der Waals surface area contributed by atoms with Crippen molar-refractivity contribution in [2.24, 2.45) is 0 Å². The SMILES string of the molecule is CCOc1ccc(N(CC(=O)Nc2ccccc2C(=O)NCc2cccnc2)S(=O)(=O)c2ccc(C)cc2)cc1. The molecule has 0 unspecified atom stereocenters. The van der Waals surface area contributed by atoms with Gasteiger partial charge in [0.2, 0.25) is 5.91 Å². The van der Waals surface area contributed by atoms with E-state index in [2.05, 4.69) is 15.6 Å². The standard InChI is InChI=1S/C30H30N4O5S/c1-3-39-25-14-12-24(13-15-25)34(40(37,38)26-16-10-22(2)11-17-26)21-29(35)33-28-9-5-4-8-27(28)30(36)32-20-23-7-6-18-31-19-23/h4-19H,3,20-21H2,1-2H3,(H,32,36)(H,33,35). The van der Waals surface area contributed by atoms with Crippen LogP contribution < -0.4 is 19.7 Å². The van der Waals surface area contributed by atoms with Crippen molar-refractivity contribution in [3.8, 4) is 5.75 Å². The summed E-state index contributed by atoms with van der Waals surface area (Å²) in [5.74, 6) is -0.429. The highest BCUT2D eigenvalue weighted by atomic mass is 32.2. The highest BCUT2D eigenvalue weighted by Gasteiger charge is 2.28. The van der Waals surface area contributed by atoms with Gasteiger partial charge in [-0.3, -0.25) is 18.9 Å². The van der Waals surface area contributed by atoms with Crippen molar-refractivity contribution in [1.82, 2.24) is 10.3 Å². The third kappa shape index (κ3) is 7.03. The molecule has 2 N–H and O–H groups in total. The second-order valence-corrected chi connectivity index (χ2v) is 10.8. The van der Waals surface area contributed by atoms with Gasteiger partial charge in [-0.2, -0.15) is 0 Å². The first-order chi connectivity index (χ1) is 19.3. The van der Waals surface area contributed by atoms with Crippen LogP contribution in [0.2, 0.25) is 0 Å². The van der Waals surface area contributed by atoms with E-state index >= 15 is 0 Å². The summed E-state index contributed by atoms with van der Waals surface area (Å²) < 4.78 is 33.9. The predicted molar refractivity (Wildman–Crippen MR) is 154 cm³/mol. The maximum absolute atomic E-state index is 13.7. The number of hydrogen-bond donors (Lipinski definition) is 2. The summed E-state index contributed by atoms with van der Waals surface area (Å²) in [5, 5.41) is 5.52. The molecule has 0 aliphatic carbocycles. The molecule has 10 heteroatoms. The van der Waals surface area contributed by atoms with Gasteiger partial charge in [0.25, 0.3) is 15.9 Å². The molecule has 0 saturated carbocycles. The Morgan fingerprint density at radius 2 is 1.65 bits per heavy atom. The number of ether oxygens (including phenoxy) is 1. The minimum atomic E-state index is -4.10. The van der Waals surface area contributed by atoms with Crippen molar-refractivity contribution < 1.29 is 22.7 Å². The van der Waals surface area contributed by atoms with Crippen LogP contribution in [0.5, 0.6) is 5.75 Å². The molecule has 9 nitrogen and oxygen atoms in total. The van der Waals surface area contributed by atoms with Gasteiger partial charge >= 0.3 is 0 Å². The molecule has 1 aromatic heterocycles. The second kappa shape index (κ2) is 12.9. The van der Waals surface area contributed by atoms with Gasteiger partial charge in [0.1, 0.15) is 12.3 Å². The van der Waals surface area contributed by atoms with Gasteiger partial charge in [-0.15, -0.1) is 0 Å². The maximum Gasteiger partial charge on any atom is 0.264 e. The normalized spacial score (nSPS) is 10.9. The summed E-state index contributed by atoms with van der Waals surface area (Å²) in [6, 6.07) is 23.0. The molecular formula is C30H30N4O5S. The fraction of sp³-hybridized carbons (Fsp3) is 0.167. The van der Waals surface area contributed by atoms with Crippen LogP contribution >= 0.6 is 0 Å². The number of hydrogen-bond acceptors (Lipinski definition) is 6. The van der Waals surface area contributed by atoms with Gasteiger partial charge < -0.3 is 15.4 Å². The Bertz CT molecular complexity index is 1560. The van der Waals surface area contributed by atoms with Crippen molar-refractivity contribution in [2.45, 2.75) is 25.3 Å². The molecule has 206 valence electrons. The van der Waals surface area contributed by atoms with Gasteiger partial charge in [0, 0.05) is 18.9 Å². The smallest absolute Gasteiger partial charge is 0.264 e. The van der Waals surface area contributed by atoms with Crippen molar-refractivity contribution >= 4 is 33.2 Å². The number of sulfonamides is 1. The zero-order valence-corrected chi connectivity index (χ0v) is 23.0. The van der Waals surface area contributed by atoms with Gasteiger partial charge in [0.15, 0.2) is 0 Å². The average molecular weight is 559 g/mol. The molecule has 4 rings (SSSR count). The fourth-order valence-corrected chi connectivity index (χ4v) is 5.34. The van der Waals surface area contributed by atoms with Gasteiger partial charge in [-0.1, -0.05) is 35.9 Å². The number of carbonyl (C=O) groups excluding carboxylic acids is 2. The van der Waals surface area contributed by atoms with E-state index in [1.165, 1.54) is 12.1 Å². The third-order valence-corrected chi connectivity index (χ3v) is 7.74. The van der Waals surface area contributed by atoms with E-state index in [9.17, 15) is 18.0 Å². The van der Waals surface area contributed by atoms with E-state index in [1.54, 1.807) is 79.1 Å². The maximum atomic E-state index is 13.7. The van der Waals surface area contributed by atoms with E-state index in [0.717, 1.165) is 15.4 Å². The predicted octanol–water partition coefficient (Wildman–Crippen LogP) is 4.55. The topological polar surface area (TPSA) is 118 Å². The van der Waals surface area contributed by atoms with Crippen LogP contribution in [0.1, 0.15) is 28.4 Å². The number of benzene rings is 3. The molecule has 1 heterocycles. The Labute approximate surface area is 233 Å². The Hall–Kier alpha value is -4.70. The van der Waals surface area contributed by atoms with E-state index in [-0.39, 0.29) is 22.7 Å². The molecule has 40 heavy (non-hydrogen) atoms. The highest BCUT2D eigenvalue weighted by molar-refractivity contribution is 7.92. The Morgan fingerprint density at radius 3 is 2.33 bits per heavy atom. The summed E-state index contributed by atoms with van der Waals surface area (Å²) in [6.07, 6.45) is 3.30. The molecule has 0 spiro atoms. The van der Waals surface area contributed by atoms with Crippen LogP contribution in [0.4, 0.5) is 11.4 Å². The molecule has 2 amide bonds. The van der Waals surface area contributed by atoms with Crippen LogP contribution in [0.3, 0.4) is 0 Å². The van der Waals surface area contributed by atoms with Gasteiger partial charge in [-0.25, -0.2) is 8.42 Å². The van der Waals surface area contributed by atoms with Crippen LogP contribution in [0.25, 0.3) is 0 Å². The lowest BCUT2D eigenvalue weighted by Crippen LogP contribution is -2.38. The minimum Gasteiger partial charge on any atom is -0.494 e. The molecule has 3 aromatic carbocycles. The van der Waals surface area contributed by atoms with Crippen molar-refractivity contribution in [3.63, 3.8) is 0 Å². The van der Waals surface area contributed by atoms with Gasteiger partial charge in [0.05, 0.1) is 28.4 Å². The summed E-state index contributed by atoms with van der Waals surface area (Å²) in [4.78, 5) is 30.3. The Balaban J connectivity index is 1.57. The summed E-state index contributed by atoms with van der Waals surface area (Å²) in [6.45, 7) is 3.91. The summed E-state index contributed by atoms with van der Waals surface area (Å²) in [5.41, 5.74) is 2.53. The Kier molecular flexibility index (Phi) is 9.13. The zero-order chi connectivity index (χ0) is 28.5. The third-order valence-electron chi connectivity index (χ3n) is 5.95. The van der Waals surface area contributed by atoms with Crippen molar-refractivity contribution in [2.75, 3.05) is 22.8 Å². The number of amides is 2. The monoisotopic (exact) mass is 558 g/mol. The molecule has 0 radical (unpaired) electrons. The molecule has 0 fully saturated rings. The number of para-hydroxylation sites is 1. The first-order valence-electron chi connectivity index (χ1n) is 12.7. The van der Waals surface area contributed by atoms with Crippen LogP contribution in [-0.4, -0.2) is 38.4 Å². The zero-order valence-electron chi connectivity index (χ0n) is 22.2. The molecule has 0 saturated heterocycles. The molecule has 4 aromatic rings. The lowest BCUT2D eigenvalue weighted by Gasteiger charge is -2.24. The molecule has 0 atom stereocenters. The Morgan fingerprint density at radius 1 is 0.925 bits per heavy atom. The van der Waals surface area contributed by atoms with Gasteiger partial charge in [-0.05, 0) is 74.0 Å². The number of pyridine rings is 1. The van der Waals surface area contributed by atoms with E-state index in [4.69, 9.17) is 4.74 Å². The van der Waals surface area contributed by atoms with E-state index in [0.29, 0.717) is 18.0 Å². The average Bonchev–Trinajstić information content (AvgIpc) is 2.96. The van der Waals surface area contributed by atoms with Crippen molar-refractivity contribution in [3.05, 3.63) is 114 Å². The van der Waals surface area contributed by atoms with E-state index in [1.807, 2.05) is 19.9 Å². The lowest BCUT2D eigenvalue weighted by atomic mass is 10.1. The number of aryl methyl sites for hydroxylation is 1. The largest absolute Gasteiger partial charge is 0.494 e. The quantitative estimate of drug-likeness (QED) is 0.279. The summed E-state index contributed by atoms with van der Waals surface area (Å²) >= 11 is 0. The number of nitrogens with one attached hydrogen (secondary N) is 2. The number of carbonyl (C=O) groups is 2. The van der Waals surface area contributed by atoms with Crippen molar-refractivity contribution in [1.29, 1.82) is 0 Å². The number of aromatic nitrogens is 1. The van der Waals surface area contributed by atoms with Crippen LogP contribution in [-0.2, 0) is 21.4 Å². The highest BCUT2D eigenvalue weighted by Crippen LogP contribution is 2.26. The first kappa shape index (κ1) is 28.3. The van der Waals surface area contributed by atoms with Crippen LogP contribution in [0.15, 0.2) is 102 Å².